The maximum absolute atomic E-state index is 14.7. The zero-order valence-corrected chi connectivity index (χ0v) is 20.0. The molecule has 5 heterocycles. The molecule has 2 saturated heterocycles. The zero-order valence-electron chi connectivity index (χ0n) is 20.0. The van der Waals surface area contributed by atoms with Crippen LogP contribution in [0.2, 0.25) is 0 Å². The van der Waals surface area contributed by atoms with Crippen molar-refractivity contribution in [3.05, 3.63) is 47.9 Å². The third-order valence-electron chi connectivity index (χ3n) is 7.13. The minimum absolute atomic E-state index is 0.197. The summed E-state index contributed by atoms with van der Waals surface area (Å²) in [5.41, 5.74) is 2.41. The molecule has 0 unspecified atom stereocenters. The molecule has 0 bridgehead atoms. The maximum atomic E-state index is 14.7. The largest absolute Gasteiger partial charge is 0.486 e. The number of amides is 1. The lowest BCUT2D eigenvalue weighted by Gasteiger charge is -2.44. The van der Waals surface area contributed by atoms with Crippen molar-refractivity contribution in [2.45, 2.75) is 18.9 Å². The Morgan fingerprint density at radius 1 is 1.14 bits per heavy atom. The van der Waals surface area contributed by atoms with Gasteiger partial charge in [-0.15, -0.1) is 0 Å². The van der Waals surface area contributed by atoms with Crippen molar-refractivity contribution in [3.8, 4) is 17.4 Å². The molecular formula is C26H27FN4O5. The first-order chi connectivity index (χ1) is 17.6. The van der Waals surface area contributed by atoms with E-state index in [9.17, 15) is 9.18 Å². The van der Waals surface area contributed by atoms with E-state index in [-0.39, 0.29) is 23.9 Å². The van der Waals surface area contributed by atoms with E-state index in [2.05, 4.69) is 14.9 Å². The van der Waals surface area contributed by atoms with Crippen molar-refractivity contribution in [1.29, 1.82) is 0 Å². The predicted octanol–water partition coefficient (Wildman–Crippen LogP) is 3.44. The van der Waals surface area contributed by atoms with Crippen molar-refractivity contribution < 1.29 is 28.1 Å². The molecule has 9 nitrogen and oxygen atoms in total. The number of ether oxygens (including phenoxy) is 4. The molecule has 3 aliphatic rings. The Kier molecular flexibility index (Phi) is 5.96. The number of piperidine rings is 1. The number of aromatic nitrogens is 2. The molecule has 3 aliphatic heterocycles. The van der Waals surface area contributed by atoms with Gasteiger partial charge in [0, 0.05) is 43.2 Å². The van der Waals surface area contributed by atoms with Crippen LogP contribution in [0.1, 0.15) is 12.0 Å². The molecule has 10 heteroatoms. The van der Waals surface area contributed by atoms with Gasteiger partial charge in [-0.2, -0.15) is 0 Å². The Labute approximate surface area is 207 Å². The fourth-order valence-corrected chi connectivity index (χ4v) is 5.19. The first-order valence-corrected chi connectivity index (χ1v) is 12.2. The van der Waals surface area contributed by atoms with Crippen LogP contribution in [-0.2, 0) is 11.2 Å². The number of likely N-dealkylation sites (tertiary alicyclic amines) is 1. The molecule has 188 valence electrons. The Bertz CT molecular complexity index is 1300. The summed E-state index contributed by atoms with van der Waals surface area (Å²) in [4.78, 5) is 25.4. The van der Waals surface area contributed by atoms with Crippen LogP contribution in [0.3, 0.4) is 0 Å². The van der Waals surface area contributed by atoms with Crippen molar-refractivity contribution in [1.82, 2.24) is 14.9 Å². The van der Waals surface area contributed by atoms with Gasteiger partial charge in [-0.1, -0.05) is 0 Å². The summed E-state index contributed by atoms with van der Waals surface area (Å²) in [5.74, 6) is 1.60. The van der Waals surface area contributed by atoms with E-state index >= 15 is 0 Å². The summed E-state index contributed by atoms with van der Waals surface area (Å²) >= 11 is 0. The van der Waals surface area contributed by atoms with Gasteiger partial charge in [0.15, 0.2) is 11.5 Å². The summed E-state index contributed by atoms with van der Waals surface area (Å²) in [6.45, 7) is 3.69. The smallest absolute Gasteiger partial charge is 0.414 e. The summed E-state index contributed by atoms with van der Waals surface area (Å²) in [6.07, 6.45) is 2.03. The van der Waals surface area contributed by atoms with E-state index in [0.717, 1.165) is 18.7 Å². The predicted molar refractivity (Wildman–Crippen MR) is 129 cm³/mol. The molecule has 2 atom stereocenters. The van der Waals surface area contributed by atoms with Gasteiger partial charge in [0.1, 0.15) is 25.1 Å². The number of rotatable bonds is 5. The van der Waals surface area contributed by atoms with Crippen LogP contribution in [0.5, 0.6) is 17.4 Å². The number of fused-ring (bicyclic) bond motifs is 3. The molecule has 2 aromatic heterocycles. The molecule has 1 amide bonds. The molecule has 2 fully saturated rings. The van der Waals surface area contributed by atoms with Crippen LogP contribution in [0.25, 0.3) is 11.0 Å². The summed E-state index contributed by atoms with van der Waals surface area (Å²) < 4.78 is 37.0. The van der Waals surface area contributed by atoms with Crippen LogP contribution in [0.15, 0.2) is 36.5 Å². The SMILES string of the molecule is COc1ccc2ncc(F)c(CCN3CC[C@H]4CN(c5ccc6c(c5)OCCO6)C(=O)O[C@@H]4C3)c2n1. The first-order valence-electron chi connectivity index (χ1n) is 12.2. The molecule has 0 aliphatic carbocycles. The van der Waals surface area contributed by atoms with Gasteiger partial charge in [0.05, 0.1) is 30.0 Å². The van der Waals surface area contributed by atoms with Gasteiger partial charge in [0.25, 0.3) is 0 Å². The van der Waals surface area contributed by atoms with Crippen LogP contribution in [-0.4, -0.2) is 73.6 Å². The number of benzene rings is 1. The third-order valence-corrected chi connectivity index (χ3v) is 7.13. The fourth-order valence-electron chi connectivity index (χ4n) is 5.19. The summed E-state index contributed by atoms with van der Waals surface area (Å²) in [7, 11) is 1.53. The standard InChI is InChI=1S/C26H27FN4O5/c1-33-24-5-3-20-25(29-24)18(19(27)13-28-20)7-9-30-8-6-16-14-31(26(32)36-23(16)15-30)17-2-4-21-22(12-17)35-11-10-34-21/h2-5,12-13,16,23H,6-11,14-15H2,1H3/t16-,23+/m0/s1. The van der Waals surface area contributed by atoms with Gasteiger partial charge in [0.2, 0.25) is 5.88 Å². The highest BCUT2D eigenvalue weighted by Crippen LogP contribution is 2.37. The van der Waals surface area contributed by atoms with E-state index in [4.69, 9.17) is 18.9 Å². The van der Waals surface area contributed by atoms with Crippen molar-refractivity contribution >= 4 is 22.8 Å². The lowest BCUT2D eigenvalue weighted by molar-refractivity contribution is -0.00650. The molecule has 0 spiro atoms. The first kappa shape index (κ1) is 22.8. The highest BCUT2D eigenvalue weighted by atomic mass is 19.1. The summed E-state index contributed by atoms with van der Waals surface area (Å²) in [5, 5.41) is 0. The fraction of sp³-hybridized carbons (Fsp3) is 0.423. The topological polar surface area (TPSA) is 86.2 Å². The van der Waals surface area contributed by atoms with E-state index < -0.39 is 0 Å². The molecule has 0 N–H and O–H groups in total. The molecule has 36 heavy (non-hydrogen) atoms. The lowest BCUT2D eigenvalue weighted by Crippen LogP contribution is -2.56. The molecule has 0 saturated carbocycles. The number of anilines is 1. The number of nitrogens with zero attached hydrogens (tertiary/aromatic N) is 4. The van der Waals surface area contributed by atoms with Crippen molar-refractivity contribution in [2.24, 2.45) is 5.92 Å². The number of carbonyl (C=O) groups is 1. The monoisotopic (exact) mass is 494 g/mol. The second kappa shape index (κ2) is 9.42. The number of carbonyl (C=O) groups excluding carboxylic acids is 1. The third kappa shape index (κ3) is 4.26. The van der Waals surface area contributed by atoms with Crippen molar-refractivity contribution in [3.63, 3.8) is 0 Å². The van der Waals surface area contributed by atoms with E-state index in [1.165, 1.54) is 13.3 Å². The zero-order chi connectivity index (χ0) is 24.6. The second-order valence-corrected chi connectivity index (χ2v) is 9.27. The normalized spacial score (nSPS) is 21.7. The Hall–Kier alpha value is -3.66. The average molecular weight is 495 g/mol. The lowest BCUT2D eigenvalue weighted by atomic mass is 9.91. The quantitative estimate of drug-likeness (QED) is 0.533. The number of hydrogen-bond acceptors (Lipinski definition) is 8. The Morgan fingerprint density at radius 3 is 2.86 bits per heavy atom. The molecule has 1 aromatic carbocycles. The number of halogens is 1. The van der Waals surface area contributed by atoms with Crippen LogP contribution in [0.4, 0.5) is 14.9 Å². The Morgan fingerprint density at radius 2 is 2.00 bits per heavy atom. The molecule has 0 radical (unpaired) electrons. The number of pyridine rings is 2. The van der Waals surface area contributed by atoms with E-state index in [1.54, 1.807) is 17.0 Å². The minimum Gasteiger partial charge on any atom is -0.486 e. The molecular weight excluding hydrogens is 467 g/mol. The highest BCUT2D eigenvalue weighted by molar-refractivity contribution is 5.89. The van der Waals surface area contributed by atoms with Crippen LogP contribution < -0.4 is 19.1 Å². The van der Waals surface area contributed by atoms with Crippen molar-refractivity contribution in [2.75, 3.05) is 51.4 Å². The van der Waals surface area contributed by atoms with E-state index in [1.807, 2.05) is 18.2 Å². The van der Waals surface area contributed by atoms with Gasteiger partial charge in [-0.05, 0) is 37.6 Å². The Balaban J connectivity index is 1.12. The highest BCUT2D eigenvalue weighted by Gasteiger charge is 2.40. The van der Waals surface area contributed by atoms with Gasteiger partial charge >= 0.3 is 6.09 Å². The van der Waals surface area contributed by atoms with Crippen LogP contribution in [0, 0.1) is 11.7 Å². The molecule has 3 aromatic rings. The van der Waals surface area contributed by atoms with Gasteiger partial charge in [-0.3, -0.25) is 14.8 Å². The average Bonchev–Trinajstić information content (AvgIpc) is 2.91. The second-order valence-electron chi connectivity index (χ2n) is 9.27. The number of methoxy groups -OCH3 is 1. The van der Waals surface area contributed by atoms with Gasteiger partial charge < -0.3 is 18.9 Å². The van der Waals surface area contributed by atoms with E-state index in [0.29, 0.717) is 73.2 Å². The van der Waals surface area contributed by atoms with Crippen LogP contribution >= 0.6 is 0 Å². The maximum Gasteiger partial charge on any atom is 0.414 e. The number of hydrogen-bond donors (Lipinski definition) is 0. The minimum atomic E-state index is -0.377. The van der Waals surface area contributed by atoms with Gasteiger partial charge in [-0.25, -0.2) is 14.2 Å². The summed E-state index contributed by atoms with van der Waals surface area (Å²) in [6, 6.07) is 9.03. The molecule has 6 rings (SSSR count).